The molecule has 0 atom stereocenters. The van der Waals surface area contributed by atoms with E-state index in [0.29, 0.717) is 59.7 Å². The zero-order valence-corrected chi connectivity index (χ0v) is 21.0. The van der Waals surface area contributed by atoms with Crippen LogP contribution in [-0.4, -0.2) is 69.6 Å². The number of halogens is 2. The summed E-state index contributed by atoms with van der Waals surface area (Å²) in [6.45, 7) is 4.70. The van der Waals surface area contributed by atoms with Crippen molar-refractivity contribution in [3.8, 4) is 0 Å². The van der Waals surface area contributed by atoms with E-state index in [1.807, 2.05) is 18.4 Å². The van der Waals surface area contributed by atoms with Gasteiger partial charge in [0.1, 0.15) is 12.0 Å². The maximum Gasteiger partial charge on any atom is 0.410 e. The molecule has 1 aromatic carbocycles. The number of hydrogen-bond acceptors (Lipinski definition) is 5. The van der Waals surface area contributed by atoms with Gasteiger partial charge < -0.3 is 19.1 Å². The van der Waals surface area contributed by atoms with Crippen LogP contribution in [0.1, 0.15) is 54.3 Å². The molecule has 35 heavy (non-hydrogen) atoms. The third-order valence-corrected chi connectivity index (χ3v) is 6.51. The van der Waals surface area contributed by atoms with Gasteiger partial charge in [0.15, 0.2) is 5.82 Å². The number of ether oxygens (including phenoxy) is 1. The fourth-order valence-corrected chi connectivity index (χ4v) is 4.62. The van der Waals surface area contributed by atoms with Crippen molar-refractivity contribution in [1.82, 2.24) is 24.3 Å². The van der Waals surface area contributed by atoms with Gasteiger partial charge in [-0.1, -0.05) is 17.7 Å². The van der Waals surface area contributed by atoms with E-state index in [9.17, 15) is 9.59 Å². The molecule has 2 aromatic heterocycles. The fraction of sp³-hybridized carbons (Fsp3) is 0.440. The van der Waals surface area contributed by atoms with Gasteiger partial charge in [-0.25, -0.2) is 19.2 Å². The summed E-state index contributed by atoms with van der Waals surface area (Å²) in [6, 6.07) is 5.11. The number of carbonyl (C=O) groups is 2. The van der Waals surface area contributed by atoms with Crippen molar-refractivity contribution in [2.24, 2.45) is 0 Å². The minimum absolute atomic E-state index is 0.00719. The van der Waals surface area contributed by atoms with Crippen LogP contribution in [0.15, 0.2) is 30.7 Å². The number of fused-ring (bicyclic) bond motifs is 1. The Balaban J connectivity index is 1.56. The number of amides is 2. The molecule has 4 rings (SSSR count). The second-order valence-electron chi connectivity index (χ2n) is 9.24. The molecule has 3 aromatic rings. The van der Waals surface area contributed by atoms with Gasteiger partial charge in [-0.05, 0) is 44.4 Å². The maximum atomic E-state index is 15.2. The molecule has 10 heteroatoms. The van der Waals surface area contributed by atoms with Gasteiger partial charge in [-0.3, -0.25) is 4.79 Å². The van der Waals surface area contributed by atoms with Gasteiger partial charge in [0.2, 0.25) is 0 Å². The van der Waals surface area contributed by atoms with Crippen molar-refractivity contribution in [1.29, 1.82) is 0 Å². The Labute approximate surface area is 208 Å². The Bertz CT molecular complexity index is 1250. The van der Waals surface area contributed by atoms with Crippen molar-refractivity contribution in [3.05, 3.63) is 58.4 Å². The lowest BCUT2D eigenvalue weighted by molar-refractivity contribution is 0.0662. The minimum Gasteiger partial charge on any atom is -0.447 e. The quantitative estimate of drug-likeness (QED) is 0.506. The Morgan fingerprint density at radius 2 is 1.94 bits per heavy atom. The Morgan fingerprint density at radius 1 is 1.23 bits per heavy atom. The van der Waals surface area contributed by atoms with E-state index in [4.69, 9.17) is 16.3 Å². The van der Waals surface area contributed by atoms with Crippen LogP contribution in [0.25, 0.3) is 11.0 Å². The molecular formula is C25H29ClFN5O3. The third kappa shape index (κ3) is 5.24. The highest BCUT2D eigenvalue weighted by molar-refractivity contribution is 6.31. The van der Waals surface area contributed by atoms with Crippen molar-refractivity contribution < 1.29 is 18.7 Å². The first-order valence-corrected chi connectivity index (χ1v) is 12.0. The number of rotatable bonds is 5. The first-order chi connectivity index (χ1) is 16.7. The molecule has 0 saturated carbocycles. The lowest BCUT2D eigenvalue weighted by Crippen LogP contribution is -2.40. The van der Waals surface area contributed by atoms with Gasteiger partial charge in [0, 0.05) is 56.4 Å². The summed E-state index contributed by atoms with van der Waals surface area (Å²) >= 11 is 6.46. The van der Waals surface area contributed by atoms with Crippen LogP contribution in [0.5, 0.6) is 0 Å². The van der Waals surface area contributed by atoms with Gasteiger partial charge in [0.05, 0.1) is 17.2 Å². The monoisotopic (exact) mass is 501 g/mol. The molecule has 0 radical (unpaired) electrons. The lowest BCUT2D eigenvalue weighted by Gasteiger charge is -2.32. The molecule has 2 amide bonds. The van der Waals surface area contributed by atoms with Gasteiger partial charge >= 0.3 is 6.09 Å². The predicted octanol–water partition coefficient (Wildman–Crippen LogP) is 4.70. The zero-order valence-electron chi connectivity index (χ0n) is 20.3. The normalized spacial score (nSPS) is 14.5. The van der Waals surface area contributed by atoms with E-state index in [-0.39, 0.29) is 24.1 Å². The summed E-state index contributed by atoms with van der Waals surface area (Å²) in [5, 5.41) is 0.781. The van der Waals surface area contributed by atoms with Crippen molar-refractivity contribution >= 4 is 34.6 Å². The third-order valence-electron chi connectivity index (χ3n) is 6.16. The van der Waals surface area contributed by atoms with E-state index in [1.165, 1.54) is 17.4 Å². The molecule has 1 saturated heterocycles. The summed E-state index contributed by atoms with van der Waals surface area (Å²) in [7, 11) is 3.35. The summed E-state index contributed by atoms with van der Waals surface area (Å²) in [4.78, 5) is 36.3. The number of hydrogen-bond donors (Lipinski definition) is 0. The molecular weight excluding hydrogens is 473 g/mol. The summed E-state index contributed by atoms with van der Waals surface area (Å²) < 4.78 is 22.3. The molecule has 1 fully saturated rings. The largest absolute Gasteiger partial charge is 0.447 e. The highest BCUT2D eigenvalue weighted by Crippen LogP contribution is 2.31. The van der Waals surface area contributed by atoms with E-state index >= 15 is 4.39 Å². The molecule has 0 N–H and O–H groups in total. The van der Waals surface area contributed by atoms with E-state index < -0.39 is 5.82 Å². The van der Waals surface area contributed by atoms with E-state index in [1.54, 1.807) is 37.2 Å². The number of nitrogens with zero attached hydrogens (tertiary/aromatic N) is 5. The molecule has 0 spiro atoms. The second kappa shape index (κ2) is 10.2. The first kappa shape index (κ1) is 24.9. The Kier molecular flexibility index (Phi) is 7.25. The number of piperidine rings is 1. The van der Waals surface area contributed by atoms with Crippen LogP contribution in [0.2, 0.25) is 5.02 Å². The minimum atomic E-state index is -0.396. The van der Waals surface area contributed by atoms with Crippen LogP contribution >= 0.6 is 11.6 Å². The predicted molar refractivity (Wildman–Crippen MR) is 131 cm³/mol. The number of benzene rings is 1. The molecule has 8 nitrogen and oxygen atoms in total. The van der Waals surface area contributed by atoms with Gasteiger partial charge in [0.25, 0.3) is 5.91 Å². The molecule has 0 unspecified atom stereocenters. The summed E-state index contributed by atoms with van der Waals surface area (Å²) in [6.07, 6.45) is 4.05. The lowest BCUT2D eigenvalue weighted by atomic mass is 10.0. The van der Waals surface area contributed by atoms with Crippen LogP contribution in [-0.2, 0) is 11.2 Å². The number of aromatic nitrogens is 3. The molecule has 0 bridgehead atoms. The maximum absolute atomic E-state index is 15.2. The Morgan fingerprint density at radius 3 is 2.57 bits per heavy atom. The SMILES string of the molecule is CC(C)OC(=O)N1CCC(n2cc(F)c3c(Cc4ccc(C(=O)N(C)C)cc4Cl)ncnc32)CC1. The average Bonchev–Trinajstić information content (AvgIpc) is 3.16. The summed E-state index contributed by atoms with van der Waals surface area (Å²) in [5.41, 5.74) is 2.27. The van der Waals surface area contributed by atoms with Gasteiger partial charge in [-0.15, -0.1) is 0 Å². The van der Waals surface area contributed by atoms with Crippen molar-refractivity contribution in [2.45, 2.75) is 45.3 Å². The molecule has 0 aliphatic carbocycles. The van der Waals surface area contributed by atoms with Crippen molar-refractivity contribution in [3.63, 3.8) is 0 Å². The van der Waals surface area contributed by atoms with Crippen LogP contribution in [0.4, 0.5) is 9.18 Å². The first-order valence-electron chi connectivity index (χ1n) is 11.6. The fourth-order valence-electron chi connectivity index (χ4n) is 4.38. The van der Waals surface area contributed by atoms with Gasteiger partial charge in [-0.2, -0.15) is 0 Å². The second-order valence-corrected chi connectivity index (χ2v) is 9.64. The average molecular weight is 502 g/mol. The Hall–Kier alpha value is -3.20. The standard InChI is InChI=1S/C25H29ClFN5O3/c1-15(2)35-25(34)31-9-7-18(8-10-31)32-13-20(27)22-21(28-14-29-23(22)32)12-16-5-6-17(11-19(16)26)24(33)30(3)4/h5-6,11,13-15,18H,7-10,12H2,1-4H3. The van der Waals surface area contributed by atoms with E-state index in [0.717, 1.165) is 5.56 Å². The van der Waals surface area contributed by atoms with Crippen LogP contribution in [0.3, 0.4) is 0 Å². The molecule has 186 valence electrons. The zero-order chi connectivity index (χ0) is 25.3. The van der Waals surface area contributed by atoms with E-state index in [2.05, 4.69) is 9.97 Å². The molecule has 3 heterocycles. The highest BCUT2D eigenvalue weighted by atomic mass is 35.5. The smallest absolute Gasteiger partial charge is 0.410 e. The van der Waals surface area contributed by atoms with Crippen LogP contribution in [0, 0.1) is 5.82 Å². The topological polar surface area (TPSA) is 80.6 Å². The number of likely N-dealkylation sites (tertiary alicyclic amines) is 1. The number of carbonyl (C=O) groups excluding carboxylic acids is 2. The highest BCUT2D eigenvalue weighted by Gasteiger charge is 2.28. The summed E-state index contributed by atoms with van der Waals surface area (Å²) in [5.74, 6) is -0.540. The van der Waals surface area contributed by atoms with Crippen LogP contribution < -0.4 is 0 Å². The molecule has 1 aliphatic heterocycles. The molecule has 1 aliphatic rings. The van der Waals surface area contributed by atoms with Crippen molar-refractivity contribution in [2.75, 3.05) is 27.2 Å².